The molecule has 150 valence electrons. The van der Waals surface area contributed by atoms with Crippen LogP contribution in [0, 0.1) is 17.0 Å². The van der Waals surface area contributed by atoms with Gasteiger partial charge < -0.3 is 15.4 Å². The van der Waals surface area contributed by atoms with Gasteiger partial charge in [-0.1, -0.05) is 30.0 Å². The number of amidine groups is 1. The van der Waals surface area contributed by atoms with Crippen molar-refractivity contribution < 1.29 is 19.2 Å². The van der Waals surface area contributed by atoms with Crippen LogP contribution >= 0.6 is 11.8 Å². The van der Waals surface area contributed by atoms with E-state index in [0.29, 0.717) is 10.9 Å². The number of amides is 2. The standard InChI is InChI=1S/C19H18N4O5S/c1-11-5-3-4-6-13(11)21-19-22-18(25)16(29-19)10-17(24)20-14-8-7-12(28-2)9-15(14)23(26)27/h3-9,16H,10H2,1-2H3,(H,20,24)(H,21,22,25)/t16-/m0/s1. The van der Waals surface area contributed by atoms with Gasteiger partial charge in [-0.15, -0.1) is 0 Å². The highest BCUT2D eigenvalue weighted by Crippen LogP contribution is 2.30. The Kier molecular flexibility index (Phi) is 6.13. The molecule has 0 unspecified atom stereocenters. The molecule has 0 saturated carbocycles. The molecule has 2 aromatic rings. The summed E-state index contributed by atoms with van der Waals surface area (Å²) in [5.41, 5.74) is 1.44. The molecule has 2 N–H and O–H groups in total. The van der Waals surface area contributed by atoms with Crippen LogP contribution in [0.2, 0.25) is 0 Å². The fraction of sp³-hybridized carbons (Fsp3) is 0.211. The molecule has 0 radical (unpaired) electrons. The smallest absolute Gasteiger partial charge is 0.296 e. The Balaban J connectivity index is 1.68. The predicted molar refractivity (Wildman–Crippen MR) is 111 cm³/mol. The summed E-state index contributed by atoms with van der Waals surface area (Å²) >= 11 is 1.15. The van der Waals surface area contributed by atoms with E-state index in [1.807, 2.05) is 31.2 Å². The number of ether oxygens (including phenoxy) is 1. The molecule has 1 heterocycles. The van der Waals surface area contributed by atoms with E-state index in [-0.39, 0.29) is 23.7 Å². The van der Waals surface area contributed by atoms with Gasteiger partial charge >= 0.3 is 0 Å². The third kappa shape index (κ3) is 4.91. The van der Waals surface area contributed by atoms with Crippen molar-refractivity contribution in [3.63, 3.8) is 0 Å². The number of anilines is 1. The summed E-state index contributed by atoms with van der Waals surface area (Å²) in [6.45, 7) is 1.91. The third-order valence-electron chi connectivity index (χ3n) is 4.16. The van der Waals surface area contributed by atoms with E-state index in [9.17, 15) is 19.7 Å². The zero-order valence-corrected chi connectivity index (χ0v) is 16.5. The number of hydrogen-bond donors (Lipinski definition) is 2. The number of hydrogen-bond acceptors (Lipinski definition) is 7. The molecule has 29 heavy (non-hydrogen) atoms. The highest BCUT2D eigenvalue weighted by Gasteiger charge is 2.32. The van der Waals surface area contributed by atoms with E-state index in [4.69, 9.17) is 4.74 Å². The van der Waals surface area contributed by atoms with Gasteiger partial charge in [-0.3, -0.25) is 19.7 Å². The largest absolute Gasteiger partial charge is 0.496 e. The first kappa shape index (κ1) is 20.3. The van der Waals surface area contributed by atoms with Crippen molar-refractivity contribution in [3.05, 3.63) is 58.1 Å². The fourth-order valence-electron chi connectivity index (χ4n) is 2.66. The molecule has 3 rings (SSSR count). The SMILES string of the molecule is COc1ccc(NC(=O)C[C@@H]2SC(=Nc3ccccc3C)NC2=O)c([N+](=O)[O-])c1. The lowest BCUT2D eigenvalue weighted by Gasteiger charge is -2.09. The molecule has 10 heteroatoms. The topological polar surface area (TPSA) is 123 Å². The number of nitrogens with one attached hydrogen (secondary N) is 2. The summed E-state index contributed by atoms with van der Waals surface area (Å²) in [5, 5.41) is 16.1. The Morgan fingerprint density at radius 3 is 2.79 bits per heavy atom. The number of methoxy groups -OCH3 is 1. The van der Waals surface area contributed by atoms with Crippen molar-refractivity contribution >= 4 is 45.8 Å². The lowest BCUT2D eigenvalue weighted by molar-refractivity contribution is -0.384. The number of para-hydroxylation sites is 1. The molecule has 0 spiro atoms. The van der Waals surface area contributed by atoms with Gasteiger partial charge in [-0.2, -0.15) is 0 Å². The second-order valence-corrected chi connectivity index (χ2v) is 7.38. The van der Waals surface area contributed by atoms with Crippen molar-refractivity contribution in [3.8, 4) is 5.75 Å². The molecule has 0 aliphatic carbocycles. The lowest BCUT2D eigenvalue weighted by atomic mass is 10.2. The number of aliphatic imine (C=N–C) groups is 1. The zero-order valence-electron chi connectivity index (χ0n) is 15.7. The molecule has 1 saturated heterocycles. The van der Waals surface area contributed by atoms with Gasteiger partial charge in [0.15, 0.2) is 5.17 Å². The second kappa shape index (κ2) is 8.74. The van der Waals surface area contributed by atoms with E-state index in [0.717, 1.165) is 23.0 Å². The highest BCUT2D eigenvalue weighted by atomic mass is 32.2. The summed E-state index contributed by atoms with van der Waals surface area (Å²) in [5.74, 6) is -0.540. The molecule has 1 atom stereocenters. The summed E-state index contributed by atoms with van der Waals surface area (Å²) in [7, 11) is 1.39. The van der Waals surface area contributed by atoms with Crippen LogP contribution < -0.4 is 15.4 Å². The van der Waals surface area contributed by atoms with E-state index in [1.165, 1.54) is 25.3 Å². The first-order valence-electron chi connectivity index (χ1n) is 8.61. The van der Waals surface area contributed by atoms with Gasteiger partial charge in [-0.05, 0) is 30.7 Å². The average Bonchev–Trinajstić information content (AvgIpc) is 3.02. The number of benzene rings is 2. The second-order valence-electron chi connectivity index (χ2n) is 6.19. The minimum absolute atomic E-state index is 0.0398. The number of carbonyl (C=O) groups excluding carboxylic acids is 2. The van der Waals surface area contributed by atoms with Crippen LogP contribution in [0.15, 0.2) is 47.5 Å². The number of carbonyl (C=O) groups is 2. The lowest BCUT2D eigenvalue weighted by Crippen LogP contribution is -2.28. The molecule has 1 fully saturated rings. The molecule has 1 aliphatic rings. The molecule has 0 bridgehead atoms. The van der Waals surface area contributed by atoms with Crippen LogP contribution in [0.4, 0.5) is 17.1 Å². The van der Waals surface area contributed by atoms with Gasteiger partial charge in [0.25, 0.3) is 5.69 Å². The zero-order chi connectivity index (χ0) is 21.0. The predicted octanol–water partition coefficient (Wildman–Crippen LogP) is 3.16. The van der Waals surface area contributed by atoms with E-state index < -0.39 is 16.1 Å². The third-order valence-corrected chi connectivity index (χ3v) is 5.24. The molecule has 1 aliphatic heterocycles. The first-order chi connectivity index (χ1) is 13.9. The first-order valence-corrected chi connectivity index (χ1v) is 9.49. The number of aryl methyl sites for hydroxylation is 1. The van der Waals surface area contributed by atoms with Crippen molar-refractivity contribution in [2.75, 3.05) is 12.4 Å². The number of rotatable bonds is 6. The Morgan fingerprint density at radius 1 is 1.34 bits per heavy atom. The van der Waals surface area contributed by atoms with Gasteiger partial charge in [0, 0.05) is 6.42 Å². The Morgan fingerprint density at radius 2 is 2.10 bits per heavy atom. The van der Waals surface area contributed by atoms with Crippen molar-refractivity contribution in [2.45, 2.75) is 18.6 Å². The quantitative estimate of drug-likeness (QED) is 0.553. The molecular weight excluding hydrogens is 396 g/mol. The van der Waals surface area contributed by atoms with Crippen LogP contribution in [-0.4, -0.2) is 34.3 Å². The summed E-state index contributed by atoms with van der Waals surface area (Å²) in [6.07, 6.45) is -0.146. The summed E-state index contributed by atoms with van der Waals surface area (Å²) in [4.78, 5) is 39.6. The van der Waals surface area contributed by atoms with Crippen molar-refractivity contribution in [2.24, 2.45) is 4.99 Å². The minimum Gasteiger partial charge on any atom is -0.496 e. The van der Waals surface area contributed by atoms with Gasteiger partial charge in [0.05, 0.1) is 23.8 Å². The van der Waals surface area contributed by atoms with Gasteiger partial charge in [0.1, 0.15) is 16.7 Å². The number of nitro groups is 1. The van der Waals surface area contributed by atoms with Crippen LogP contribution in [0.1, 0.15) is 12.0 Å². The number of thioether (sulfide) groups is 1. The van der Waals surface area contributed by atoms with E-state index in [2.05, 4.69) is 15.6 Å². The minimum atomic E-state index is -0.671. The molecular formula is C19H18N4O5S. The summed E-state index contributed by atoms with van der Waals surface area (Å²) in [6, 6.07) is 11.6. The van der Waals surface area contributed by atoms with Crippen LogP contribution in [0.3, 0.4) is 0 Å². The number of nitrogens with zero attached hydrogens (tertiary/aromatic N) is 2. The average molecular weight is 414 g/mol. The maximum atomic E-state index is 12.4. The van der Waals surface area contributed by atoms with Gasteiger partial charge in [0.2, 0.25) is 11.8 Å². The molecule has 2 aromatic carbocycles. The normalized spacial score (nSPS) is 17.1. The van der Waals surface area contributed by atoms with Crippen molar-refractivity contribution in [1.29, 1.82) is 0 Å². The fourth-order valence-corrected chi connectivity index (χ4v) is 3.64. The van der Waals surface area contributed by atoms with Crippen LogP contribution in [0.25, 0.3) is 0 Å². The molecule has 9 nitrogen and oxygen atoms in total. The van der Waals surface area contributed by atoms with Gasteiger partial charge in [-0.25, -0.2) is 4.99 Å². The Hall–Kier alpha value is -3.40. The van der Waals surface area contributed by atoms with Crippen LogP contribution in [-0.2, 0) is 9.59 Å². The van der Waals surface area contributed by atoms with Crippen LogP contribution in [0.5, 0.6) is 5.75 Å². The molecule has 2 amide bonds. The Labute approximate surface area is 170 Å². The maximum absolute atomic E-state index is 12.4. The van der Waals surface area contributed by atoms with E-state index in [1.54, 1.807) is 0 Å². The Bertz CT molecular complexity index is 1010. The highest BCUT2D eigenvalue weighted by molar-refractivity contribution is 8.15. The monoisotopic (exact) mass is 414 g/mol. The summed E-state index contributed by atoms with van der Waals surface area (Å²) < 4.78 is 4.97. The number of nitro benzene ring substituents is 1. The maximum Gasteiger partial charge on any atom is 0.296 e. The van der Waals surface area contributed by atoms with Crippen molar-refractivity contribution in [1.82, 2.24) is 5.32 Å². The molecule has 0 aromatic heterocycles. The van der Waals surface area contributed by atoms with E-state index >= 15 is 0 Å².